The summed E-state index contributed by atoms with van der Waals surface area (Å²) in [6, 6.07) is 6.53. The van der Waals surface area contributed by atoms with E-state index in [4.69, 9.17) is 9.15 Å². The molecule has 0 aromatic carbocycles. The van der Waals surface area contributed by atoms with Crippen molar-refractivity contribution in [2.45, 2.75) is 43.9 Å². The first-order valence-corrected chi connectivity index (χ1v) is 12.1. The predicted octanol–water partition coefficient (Wildman–Crippen LogP) is 2.37. The quantitative estimate of drug-likeness (QED) is 0.704. The molecular weight excluding hydrogens is 430 g/mol. The molecule has 3 aliphatic rings. The number of furan rings is 1. The van der Waals surface area contributed by atoms with Crippen molar-refractivity contribution in [2.24, 2.45) is 0 Å². The van der Waals surface area contributed by atoms with E-state index in [0.717, 1.165) is 30.8 Å². The van der Waals surface area contributed by atoms with E-state index in [9.17, 15) is 14.4 Å². The molecule has 5 rings (SSSR count). The minimum Gasteiger partial charge on any atom is -0.459 e. The maximum absolute atomic E-state index is 13.4. The third-order valence-electron chi connectivity index (χ3n) is 6.72. The van der Waals surface area contributed by atoms with E-state index in [1.54, 1.807) is 28.4 Å². The Kier molecular flexibility index (Phi) is 5.77. The number of nitrogens with zero attached hydrogens (tertiary/aromatic N) is 3. The smallest absolute Gasteiger partial charge is 0.292 e. The SMILES string of the molecule is O=C(Cc1cccs1)N1CCC2(CC1)OC[C@@H](C(=O)N1CCCC1)N2C(=O)c1ccco1. The molecule has 2 aromatic heterocycles. The average Bonchev–Trinajstić information content (AvgIpc) is 3.61. The van der Waals surface area contributed by atoms with Crippen molar-refractivity contribution in [1.29, 1.82) is 0 Å². The molecule has 0 aliphatic carbocycles. The largest absolute Gasteiger partial charge is 0.459 e. The standard InChI is InChI=1S/C23H27N3O5S/c27-20(15-17-5-4-14-32-17)24-11-7-23(8-12-24)26(22(29)19-6-3-13-30-19)18(16-31-23)21(28)25-9-1-2-10-25/h3-6,13-14,18H,1-2,7-12,15-16H2/t18-/m0/s1. The second kappa shape index (κ2) is 8.71. The van der Waals surface area contributed by atoms with Crippen LogP contribution in [0.15, 0.2) is 40.3 Å². The highest BCUT2D eigenvalue weighted by atomic mass is 32.1. The molecule has 5 heterocycles. The lowest BCUT2D eigenvalue weighted by molar-refractivity contribution is -0.144. The lowest BCUT2D eigenvalue weighted by Gasteiger charge is -2.44. The summed E-state index contributed by atoms with van der Waals surface area (Å²) in [6.07, 6.45) is 4.76. The third kappa shape index (κ3) is 3.84. The summed E-state index contributed by atoms with van der Waals surface area (Å²) >= 11 is 1.57. The molecule has 3 fully saturated rings. The molecule has 8 nitrogen and oxygen atoms in total. The number of rotatable bonds is 4. The molecule has 0 unspecified atom stereocenters. The summed E-state index contributed by atoms with van der Waals surface area (Å²) in [7, 11) is 0. The number of likely N-dealkylation sites (tertiary alicyclic amines) is 2. The average molecular weight is 458 g/mol. The fourth-order valence-electron chi connectivity index (χ4n) is 5.00. The van der Waals surface area contributed by atoms with Gasteiger partial charge in [-0.15, -0.1) is 11.3 Å². The van der Waals surface area contributed by atoms with Gasteiger partial charge in [0.2, 0.25) is 11.8 Å². The van der Waals surface area contributed by atoms with Crippen molar-refractivity contribution < 1.29 is 23.5 Å². The van der Waals surface area contributed by atoms with Crippen LogP contribution in [0.1, 0.15) is 41.1 Å². The summed E-state index contributed by atoms with van der Waals surface area (Å²) in [5, 5.41) is 1.97. The molecule has 9 heteroatoms. The number of hydrogen-bond donors (Lipinski definition) is 0. The van der Waals surface area contributed by atoms with Crippen LogP contribution in [0.3, 0.4) is 0 Å². The zero-order valence-electron chi connectivity index (χ0n) is 17.9. The van der Waals surface area contributed by atoms with Gasteiger partial charge in [-0.2, -0.15) is 0 Å². The monoisotopic (exact) mass is 457 g/mol. The fourth-order valence-corrected chi connectivity index (χ4v) is 5.70. The Labute approximate surface area is 190 Å². The van der Waals surface area contributed by atoms with E-state index in [1.807, 2.05) is 27.3 Å². The number of ether oxygens (including phenoxy) is 1. The lowest BCUT2D eigenvalue weighted by Crippen LogP contribution is -2.60. The molecule has 0 radical (unpaired) electrons. The van der Waals surface area contributed by atoms with Crippen LogP contribution in [0.4, 0.5) is 0 Å². The summed E-state index contributed by atoms with van der Waals surface area (Å²) < 4.78 is 11.6. The Balaban J connectivity index is 1.34. The zero-order chi connectivity index (χ0) is 22.1. The maximum atomic E-state index is 13.4. The number of thiophene rings is 1. The minimum absolute atomic E-state index is 0.0597. The second-order valence-electron chi connectivity index (χ2n) is 8.59. The molecule has 1 atom stereocenters. The van der Waals surface area contributed by atoms with E-state index in [0.29, 0.717) is 32.4 Å². The van der Waals surface area contributed by atoms with Gasteiger partial charge < -0.3 is 19.0 Å². The van der Waals surface area contributed by atoms with E-state index >= 15 is 0 Å². The fraction of sp³-hybridized carbons (Fsp3) is 0.522. The van der Waals surface area contributed by atoms with Crippen molar-refractivity contribution in [1.82, 2.24) is 14.7 Å². The molecule has 0 bridgehead atoms. The van der Waals surface area contributed by atoms with E-state index in [2.05, 4.69) is 0 Å². The van der Waals surface area contributed by atoms with Gasteiger partial charge in [-0.3, -0.25) is 19.3 Å². The van der Waals surface area contributed by atoms with Crippen molar-refractivity contribution in [2.75, 3.05) is 32.8 Å². The van der Waals surface area contributed by atoms with Crippen LogP contribution in [0.25, 0.3) is 0 Å². The summed E-state index contributed by atoms with van der Waals surface area (Å²) in [5.74, 6) is -0.113. The van der Waals surface area contributed by atoms with Crippen molar-refractivity contribution in [3.63, 3.8) is 0 Å². The van der Waals surface area contributed by atoms with Gasteiger partial charge in [-0.25, -0.2) is 0 Å². The number of piperidine rings is 1. The first-order valence-electron chi connectivity index (χ1n) is 11.2. The van der Waals surface area contributed by atoms with Crippen LogP contribution in [0.5, 0.6) is 0 Å². The molecule has 0 N–H and O–H groups in total. The Bertz CT molecular complexity index is 960. The van der Waals surface area contributed by atoms with E-state index in [1.165, 1.54) is 6.26 Å². The first kappa shape index (κ1) is 21.2. The highest BCUT2D eigenvalue weighted by Gasteiger charge is 2.55. The van der Waals surface area contributed by atoms with Crippen LogP contribution in [0, 0.1) is 0 Å². The van der Waals surface area contributed by atoms with Crippen molar-refractivity contribution in [3.8, 4) is 0 Å². The third-order valence-corrected chi connectivity index (χ3v) is 7.59. The molecule has 1 spiro atoms. The molecule has 3 aliphatic heterocycles. The molecule has 32 heavy (non-hydrogen) atoms. The molecule has 3 saturated heterocycles. The van der Waals surface area contributed by atoms with Gasteiger partial charge in [0.05, 0.1) is 19.3 Å². The summed E-state index contributed by atoms with van der Waals surface area (Å²) in [4.78, 5) is 45.8. The Hall–Kier alpha value is -2.65. The summed E-state index contributed by atoms with van der Waals surface area (Å²) in [5.41, 5.74) is -0.899. The van der Waals surface area contributed by atoms with E-state index < -0.39 is 11.8 Å². The second-order valence-corrected chi connectivity index (χ2v) is 9.63. The normalized spacial score (nSPS) is 22.6. The Morgan fingerprint density at radius 1 is 1.03 bits per heavy atom. The summed E-state index contributed by atoms with van der Waals surface area (Å²) in [6.45, 7) is 2.57. The maximum Gasteiger partial charge on any atom is 0.292 e. The molecular formula is C23H27N3O5S. The van der Waals surface area contributed by atoms with Crippen LogP contribution in [-0.4, -0.2) is 77.0 Å². The van der Waals surface area contributed by atoms with Gasteiger partial charge >= 0.3 is 0 Å². The van der Waals surface area contributed by atoms with Crippen molar-refractivity contribution in [3.05, 3.63) is 46.5 Å². The van der Waals surface area contributed by atoms with Gasteiger partial charge in [-0.1, -0.05) is 6.07 Å². The molecule has 2 aromatic rings. The molecule has 0 saturated carbocycles. The van der Waals surface area contributed by atoms with Crippen molar-refractivity contribution >= 4 is 29.1 Å². The number of carbonyl (C=O) groups excluding carboxylic acids is 3. The van der Waals surface area contributed by atoms with Gasteiger partial charge in [0.15, 0.2) is 5.76 Å². The van der Waals surface area contributed by atoms with Gasteiger partial charge in [0.1, 0.15) is 11.8 Å². The highest BCUT2D eigenvalue weighted by molar-refractivity contribution is 7.10. The van der Waals surface area contributed by atoms with Gasteiger partial charge in [0.25, 0.3) is 5.91 Å². The number of hydrogen-bond acceptors (Lipinski definition) is 6. The van der Waals surface area contributed by atoms with Crippen LogP contribution in [-0.2, 0) is 20.7 Å². The molecule has 3 amide bonds. The highest BCUT2D eigenvalue weighted by Crippen LogP contribution is 2.39. The number of carbonyl (C=O) groups is 3. The predicted molar refractivity (Wildman–Crippen MR) is 117 cm³/mol. The van der Waals surface area contributed by atoms with E-state index in [-0.39, 0.29) is 30.1 Å². The first-order chi connectivity index (χ1) is 15.6. The Morgan fingerprint density at radius 2 is 1.81 bits per heavy atom. The number of amides is 3. The van der Waals surface area contributed by atoms with Crippen LogP contribution >= 0.6 is 11.3 Å². The molecule has 170 valence electrons. The van der Waals surface area contributed by atoms with Gasteiger partial charge in [0, 0.05) is 43.9 Å². The topological polar surface area (TPSA) is 83.3 Å². The van der Waals surface area contributed by atoms with Crippen LogP contribution in [0.2, 0.25) is 0 Å². The lowest BCUT2D eigenvalue weighted by atomic mass is 9.97. The van der Waals surface area contributed by atoms with Crippen LogP contribution < -0.4 is 0 Å². The van der Waals surface area contributed by atoms with Gasteiger partial charge in [-0.05, 0) is 36.4 Å². The Morgan fingerprint density at radius 3 is 2.47 bits per heavy atom. The zero-order valence-corrected chi connectivity index (χ0v) is 18.7. The minimum atomic E-state index is -0.899.